The number of primary amides is 1. The molecule has 2 saturated heterocycles. The molecule has 3 unspecified atom stereocenters. The molecule has 0 aromatic heterocycles. The summed E-state index contributed by atoms with van der Waals surface area (Å²) < 4.78 is 11.0. The molecule has 1 aromatic carbocycles. The van der Waals surface area contributed by atoms with Crippen molar-refractivity contribution in [3.05, 3.63) is 23.3 Å². The third-order valence-electron chi connectivity index (χ3n) is 6.25. The molecule has 3 heterocycles. The van der Waals surface area contributed by atoms with E-state index >= 15 is 0 Å². The van der Waals surface area contributed by atoms with E-state index in [1.54, 1.807) is 14.2 Å². The first-order chi connectivity index (χ1) is 12.1. The van der Waals surface area contributed by atoms with Crippen LogP contribution in [-0.2, 0) is 6.42 Å². The summed E-state index contributed by atoms with van der Waals surface area (Å²) in [6.07, 6.45) is 4.24. The highest BCUT2D eigenvalue weighted by molar-refractivity contribution is 5.72. The number of ether oxygens (including phenoxy) is 2. The van der Waals surface area contributed by atoms with Gasteiger partial charge in [0.25, 0.3) is 0 Å². The molecule has 1 aromatic rings. The largest absolute Gasteiger partial charge is 0.493 e. The van der Waals surface area contributed by atoms with Crippen LogP contribution in [0, 0.1) is 5.92 Å². The third-order valence-corrected chi connectivity index (χ3v) is 6.25. The van der Waals surface area contributed by atoms with Crippen molar-refractivity contribution < 1.29 is 14.3 Å². The van der Waals surface area contributed by atoms with E-state index < -0.39 is 0 Å². The van der Waals surface area contributed by atoms with E-state index in [2.05, 4.69) is 17.0 Å². The van der Waals surface area contributed by atoms with Gasteiger partial charge < -0.3 is 20.1 Å². The molecule has 0 saturated carbocycles. The summed E-state index contributed by atoms with van der Waals surface area (Å²) in [5.74, 6) is 2.11. The number of nitrogens with zero attached hydrogens (tertiary/aromatic N) is 2. The van der Waals surface area contributed by atoms with Gasteiger partial charge in [0, 0.05) is 31.7 Å². The van der Waals surface area contributed by atoms with E-state index in [0.29, 0.717) is 12.0 Å². The minimum absolute atomic E-state index is 0.256. The lowest BCUT2D eigenvalue weighted by atomic mass is 9.76. The highest BCUT2D eigenvalue weighted by atomic mass is 16.5. The Morgan fingerprint density at radius 3 is 2.68 bits per heavy atom. The number of hydrogen-bond acceptors (Lipinski definition) is 4. The molecular weight excluding hydrogens is 318 g/mol. The molecular formula is C19H27N3O3. The van der Waals surface area contributed by atoms with Gasteiger partial charge in [-0.15, -0.1) is 0 Å². The van der Waals surface area contributed by atoms with Crippen LogP contribution in [0.3, 0.4) is 0 Å². The number of likely N-dealkylation sites (tertiary alicyclic amines) is 1. The lowest BCUT2D eigenvalue weighted by molar-refractivity contribution is 0.00731. The Morgan fingerprint density at radius 1 is 1.20 bits per heavy atom. The zero-order chi connectivity index (χ0) is 17.6. The molecule has 2 N–H and O–H groups in total. The number of fused-ring (bicyclic) bond motifs is 4. The van der Waals surface area contributed by atoms with Crippen molar-refractivity contribution in [2.75, 3.05) is 33.9 Å². The van der Waals surface area contributed by atoms with Gasteiger partial charge in [0.1, 0.15) is 0 Å². The summed E-state index contributed by atoms with van der Waals surface area (Å²) >= 11 is 0. The first-order valence-corrected chi connectivity index (χ1v) is 9.17. The van der Waals surface area contributed by atoms with E-state index in [-0.39, 0.29) is 12.1 Å². The number of hydrogen-bond donors (Lipinski definition) is 1. The molecule has 6 nitrogen and oxygen atoms in total. The van der Waals surface area contributed by atoms with Crippen LogP contribution in [0.1, 0.15) is 36.4 Å². The molecule has 3 aliphatic heterocycles. The fraction of sp³-hybridized carbons (Fsp3) is 0.632. The molecule has 0 aliphatic carbocycles. The monoisotopic (exact) mass is 345 g/mol. The summed E-state index contributed by atoms with van der Waals surface area (Å²) in [5, 5.41) is 0. The Labute approximate surface area is 148 Å². The Bertz CT molecular complexity index is 678. The molecule has 2 amide bonds. The number of methoxy groups -OCH3 is 2. The van der Waals surface area contributed by atoms with Crippen LogP contribution in [0.2, 0.25) is 0 Å². The second-order valence-corrected chi connectivity index (χ2v) is 7.40. The van der Waals surface area contributed by atoms with Gasteiger partial charge in [-0.05, 0) is 54.9 Å². The van der Waals surface area contributed by atoms with Crippen molar-refractivity contribution >= 4 is 6.03 Å². The van der Waals surface area contributed by atoms with Gasteiger partial charge in [0.2, 0.25) is 0 Å². The normalized spacial score (nSPS) is 28.6. The average molecular weight is 345 g/mol. The smallest absolute Gasteiger partial charge is 0.315 e. The summed E-state index contributed by atoms with van der Waals surface area (Å²) in [6, 6.07) is 4.55. The van der Waals surface area contributed by atoms with Crippen molar-refractivity contribution in [1.29, 1.82) is 0 Å². The van der Waals surface area contributed by atoms with E-state index in [0.717, 1.165) is 50.4 Å². The molecule has 6 heteroatoms. The number of piperidine rings is 2. The molecule has 0 spiro atoms. The van der Waals surface area contributed by atoms with E-state index in [4.69, 9.17) is 15.2 Å². The second-order valence-electron chi connectivity index (χ2n) is 7.40. The van der Waals surface area contributed by atoms with E-state index in [9.17, 15) is 4.79 Å². The van der Waals surface area contributed by atoms with Gasteiger partial charge in [-0.3, -0.25) is 4.90 Å². The zero-order valence-electron chi connectivity index (χ0n) is 15.0. The maximum absolute atomic E-state index is 11.9. The van der Waals surface area contributed by atoms with Gasteiger partial charge in [0.05, 0.1) is 14.2 Å². The minimum atomic E-state index is -0.272. The summed E-state index contributed by atoms with van der Waals surface area (Å²) in [6.45, 7) is 2.90. The van der Waals surface area contributed by atoms with Crippen LogP contribution in [0.4, 0.5) is 4.79 Å². The first kappa shape index (κ1) is 16.5. The quantitative estimate of drug-likeness (QED) is 0.892. The van der Waals surface area contributed by atoms with Gasteiger partial charge in [0.15, 0.2) is 11.5 Å². The average Bonchev–Trinajstić information content (AvgIpc) is 2.64. The summed E-state index contributed by atoms with van der Waals surface area (Å²) in [5.41, 5.74) is 8.31. The van der Waals surface area contributed by atoms with Crippen LogP contribution in [-0.4, -0.2) is 55.7 Å². The summed E-state index contributed by atoms with van der Waals surface area (Å²) in [7, 11) is 3.36. The molecule has 25 heavy (non-hydrogen) atoms. The van der Waals surface area contributed by atoms with Crippen LogP contribution in [0.25, 0.3) is 0 Å². The molecule has 0 bridgehead atoms. The van der Waals surface area contributed by atoms with Crippen LogP contribution >= 0.6 is 0 Å². The maximum Gasteiger partial charge on any atom is 0.315 e. The molecule has 0 radical (unpaired) electrons. The Kier molecular flexibility index (Phi) is 4.23. The van der Waals surface area contributed by atoms with E-state index in [1.165, 1.54) is 17.5 Å². The third kappa shape index (κ3) is 2.72. The predicted octanol–water partition coefficient (Wildman–Crippen LogP) is 2.17. The van der Waals surface area contributed by atoms with Crippen molar-refractivity contribution in [3.63, 3.8) is 0 Å². The maximum atomic E-state index is 11.9. The number of amides is 2. The number of carbonyl (C=O) groups excluding carboxylic acids is 1. The van der Waals surface area contributed by atoms with Gasteiger partial charge >= 0.3 is 6.03 Å². The Hall–Kier alpha value is -1.95. The highest BCUT2D eigenvalue weighted by Crippen LogP contribution is 2.45. The number of carbonyl (C=O) groups is 1. The van der Waals surface area contributed by atoms with Crippen LogP contribution in [0.15, 0.2) is 12.1 Å². The van der Waals surface area contributed by atoms with E-state index in [1.807, 2.05) is 4.90 Å². The molecule has 3 aliphatic rings. The molecule has 136 valence electrons. The minimum Gasteiger partial charge on any atom is -0.493 e. The fourth-order valence-electron chi connectivity index (χ4n) is 5.05. The van der Waals surface area contributed by atoms with Crippen molar-refractivity contribution in [1.82, 2.24) is 9.80 Å². The predicted molar refractivity (Wildman–Crippen MR) is 95.0 cm³/mol. The fourth-order valence-corrected chi connectivity index (χ4v) is 5.05. The Balaban J connectivity index is 1.68. The number of benzene rings is 1. The topological polar surface area (TPSA) is 68.0 Å². The number of urea groups is 1. The van der Waals surface area contributed by atoms with Crippen molar-refractivity contribution in [3.8, 4) is 11.5 Å². The molecule has 2 fully saturated rings. The number of rotatable bonds is 2. The van der Waals surface area contributed by atoms with Crippen LogP contribution in [0.5, 0.6) is 11.5 Å². The summed E-state index contributed by atoms with van der Waals surface area (Å²) in [4.78, 5) is 16.4. The van der Waals surface area contributed by atoms with Crippen molar-refractivity contribution in [2.45, 2.75) is 37.8 Å². The van der Waals surface area contributed by atoms with Gasteiger partial charge in [-0.25, -0.2) is 4.79 Å². The zero-order valence-corrected chi connectivity index (χ0v) is 15.0. The van der Waals surface area contributed by atoms with Gasteiger partial charge in [-0.2, -0.15) is 0 Å². The van der Waals surface area contributed by atoms with Gasteiger partial charge in [-0.1, -0.05) is 0 Å². The molecule has 3 atom stereocenters. The Morgan fingerprint density at radius 2 is 1.96 bits per heavy atom. The van der Waals surface area contributed by atoms with Crippen LogP contribution < -0.4 is 15.2 Å². The standard InChI is InChI=1S/C19H27N3O3/c1-24-17-8-12-5-7-21-11-13-4-3-6-22(19(20)23)15(13)10-16(21)14(12)9-18(17)25-2/h8-9,13,15-16H,3-7,10-11H2,1-2H3,(H2,20,23). The first-order valence-electron chi connectivity index (χ1n) is 9.17. The lowest BCUT2D eigenvalue weighted by Crippen LogP contribution is -2.58. The number of nitrogens with two attached hydrogens (primary N) is 1. The SMILES string of the molecule is COc1cc2c(cc1OC)C1CC3C(CCCN3C(N)=O)CN1CC2. The van der Waals surface area contributed by atoms with Crippen molar-refractivity contribution in [2.24, 2.45) is 11.7 Å². The lowest BCUT2D eigenvalue weighted by Gasteiger charge is -2.52. The second kappa shape index (κ2) is 6.41. The molecule has 4 rings (SSSR count). The highest BCUT2D eigenvalue weighted by Gasteiger charge is 2.43.